The first-order valence-corrected chi connectivity index (χ1v) is 7.46. The lowest BCUT2D eigenvalue weighted by Gasteiger charge is -2.22. The molecule has 1 aromatic heterocycles. The normalized spacial score (nSPS) is 20.3. The third kappa shape index (κ3) is 3.26. The van der Waals surface area contributed by atoms with Crippen molar-refractivity contribution in [1.29, 1.82) is 0 Å². The Kier molecular flexibility index (Phi) is 4.51. The minimum Gasteiger partial charge on any atom is -0.367 e. The van der Waals surface area contributed by atoms with Crippen molar-refractivity contribution in [2.24, 2.45) is 0 Å². The molecule has 1 atom stereocenters. The van der Waals surface area contributed by atoms with Gasteiger partial charge >= 0.3 is 0 Å². The maximum absolute atomic E-state index is 5.93. The first kappa shape index (κ1) is 13.0. The Morgan fingerprint density at radius 3 is 2.82 bits per heavy atom. The fourth-order valence-corrected chi connectivity index (χ4v) is 3.34. The number of halogens is 1. The molecule has 2 rings (SSSR count). The van der Waals surface area contributed by atoms with Gasteiger partial charge in [-0.25, -0.2) is 0 Å². The van der Waals surface area contributed by atoms with E-state index in [1.807, 2.05) is 13.8 Å². The maximum Gasteiger partial charge on any atom is 0.155 e. The topological polar surface area (TPSA) is 37.8 Å². The van der Waals surface area contributed by atoms with Crippen LogP contribution in [0, 0.1) is 13.8 Å². The Labute approximate surface area is 112 Å². The Balaban J connectivity index is 1.96. The van der Waals surface area contributed by atoms with Crippen LogP contribution >= 0.6 is 23.4 Å². The van der Waals surface area contributed by atoms with Gasteiger partial charge in [0.1, 0.15) is 0 Å². The monoisotopic (exact) mass is 271 g/mol. The molecule has 2 heterocycles. The van der Waals surface area contributed by atoms with Crippen LogP contribution in [0.5, 0.6) is 0 Å². The molecule has 1 aromatic rings. The number of nitrogens with one attached hydrogen (secondary N) is 1. The standard InChI is InChI=1S/C12H18ClN3S/c1-8-9(2)12(16-15-11(8)13)14-7-10-5-3-4-6-17-10/h10H,3-7H2,1-2H3,(H,14,16). The highest BCUT2D eigenvalue weighted by molar-refractivity contribution is 7.99. The molecule has 5 heteroatoms. The molecule has 1 unspecified atom stereocenters. The number of thioether (sulfide) groups is 1. The van der Waals surface area contributed by atoms with Crippen LogP contribution < -0.4 is 5.32 Å². The van der Waals surface area contributed by atoms with Crippen molar-refractivity contribution in [2.45, 2.75) is 38.4 Å². The second-order valence-electron chi connectivity index (χ2n) is 4.46. The molecule has 0 radical (unpaired) electrons. The van der Waals surface area contributed by atoms with E-state index in [1.165, 1.54) is 25.0 Å². The van der Waals surface area contributed by atoms with E-state index in [9.17, 15) is 0 Å². The van der Waals surface area contributed by atoms with Gasteiger partial charge in [-0.2, -0.15) is 11.8 Å². The lowest BCUT2D eigenvalue weighted by molar-refractivity contribution is 0.676. The molecule has 0 spiro atoms. The highest BCUT2D eigenvalue weighted by atomic mass is 35.5. The van der Waals surface area contributed by atoms with Gasteiger partial charge in [-0.05, 0) is 43.6 Å². The van der Waals surface area contributed by atoms with Gasteiger partial charge < -0.3 is 5.32 Å². The average molecular weight is 272 g/mol. The fraction of sp³-hybridized carbons (Fsp3) is 0.667. The summed E-state index contributed by atoms with van der Waals surface area (Å²) in [5.41, 5.74) is 2.12. The number of aromatic nitrogens is 2. The van der Waals surface area contributed by atoms with Gasteiger partial charge in [0.25, 0.3) is 0 Å². The van der Waals surface area contributed by atoms with E-state index in [-0.39, 0.29) is 0 Å². The molecule has 1 saturated heterocycles. The Bertz CT molecular complexity index is 392. The zero-order valence-electron chi connectivity index (χ0n) is 10.3. The first-order chi connectivity index (χ1) is 8.18. The third-order valence-corrected chi connectivity index (χ3v) is 4.99. The smallest absolute Gasteiger partial charge is 0.155 e. The van der Waals surface area contributed by atoms with Crippen molar-refractivity contribution in [1.82, 2.24) is 10.2 Å². The van der Waals surface area contributed by atoms with Gasteiger partial charge in [0.05, 0.1) is 0 Å². The zero-order valence-corrected chi connectivity index (χ0v) is 11.9. The van der Waals surface area contributed by atoms with E-state index in [0.29, 0.717) is 10.4 Å². The van der Waals surface area contributed by atoms with Crippen molar-refractivity contribution in [3.8, 4) is 0 Å². The summed E-state index contributed by atoms with van der Waals surface area (Å²) in [5, 5.41) is 12.7. The van der Waals surface area contributed by atoms with Crippen molar-refractivity contribution < 1.29 is 0 Å². The molecule has 0 aromatic carbocycles. The van der Waals surface area contributed by atoms with Crippen molar-refractivity contribution in [3.05, 3.63) is 16.3 Å². The summed E-state index contributed by atoms with van der Waals surface area (Å²) in [5.74, 6) is 2.16. The molecular weight excluding hydrogens is 254 g/mol. The Morgan fingerprint density at radius 1 is 1.29 bits per heavy atom. The number of hydrogen-bond acceptors (Lipinski definition) is 4. The summed E-state index contributed by atoms with van der Waals surface area (Å²) in [4.78, 5) is 0. The Hall–Kier alpha value is -0.480. The molecule has 1 aliphatic rings. The molecule has 17 heavy (non-hydrogen) atoms. The maximum atomic E-state index is 5.93. The van der Waals surface area contributed by atoms with E-state index in [2.05, 4.69) is 27.3 Å². The van der Waals surface area contributed by atoms with Crippen molar-refractivity contribution in [3.63, 3.8) is 0 Å². The fourth-order valence-electron chi connectivity index (χ4n) is 1.92. The summed E-state index contributed by atoms with van der Waals surface area (Å²) in [6.07, 6.45) is 4.01. The van der Waals surface area contributed by atoms with Gasteiger partial charge in [-0.1, -0.05) is 18.0 Å². The highest BCUT2D eigenvalue weighted by Crippen LogP contribution is 2.26. The van der Waals surface area contributed by atoms with Gasteiger partial charge in [0.15, 0.2) is 11.0 Å². The second kappa shape index (κ2) is 5.91. The van der Waals surface area contributed by atoms with Crippen LogP contribution in [0.3, 0.4) is 0 Å². The third-order valence-electron chi connectivity index (χ3n) is 3.24. The largest absolute Gasteiger partial charge is 0.367 e. The SMILES string of the molecule is Cc1c(Cl)nnc(NCC2CCCCS2)c1C. The van der Waals surface area contributed by atoms with Crippen LogP contribution in [-0.4, -0.2) is 27.7 Å². The van der Waals surface area contributed by atoms with Gasteiger partial charge in [0, 0.05) is 11.8 Å². The summed E-state index contributed by atoms with van der Waals surface area (Å²) >= 11 is 7.99. The van der Waals surface area contributed by atoms with Crippen molar-refractivity contribution >= 4 is 29.2 Å². The Morgan fingerprint density at radius 2 is 2.12 bits per heavy atom. The predicted molar refractivity (Wildman–Crippen MR) is 75.1 cm³/mol. The molecule has 1 N–H and O–H groups in total. The van der Waals surface area contributed by atoms with Crippen LogP contribution in [0.2, 0.25) is 5.15 Å². The molecule has 94 valence electrons. The zero-order chi connectivity index (χ0) is 12.3. The van der Waals surface area contributed by atoms with E-state index >= 15 is 0 Å². The quantitative estimate of drug-likeness (QED) is 0.914. The lowest BCUT2D eigenvalue weighted by atomic mass is 10.1. The molecule has 0 saturated carbocycles. The van der Waals surface area contributed by atoms with Crippen LogP contribution in [0.1, 0.15) is 30.4 Å². The highest BCUT2D eigenvalue weighted by Gasteiger charge is 2.15. The molecule has 1 fully saturated rings. The summed E-state index contributed by atoms with van der Waals surface area (Å²) in [6.45, 7) is 4.99. The minimum atomic E-state index is 0.500. The van der Waals surface area contributed by atoms with Crippen LogP contribution in [-0.2, 0) is 0 Å². The average Bonchev–Trinajstić information content (AvgIpc) is 2.36. The van der Waals surface area contributed by atoms with E-state index in [1.54, 1.807) is 0 Å². The van der Waals surface area contributed by atoms with Gasteiger partial charge in [0.2, 0.25) is 0 Å². The number of hydrogen-bond donors (Lipinski definition) is 1. The summed E-state index contributed by atoms with van der Waals surface area (Å²) in [6, 6.07) is 0. The molecular formula is C12H18ClN3S. The molecule has 3 nitrogen and oxygen atoms in total. The summed E-state index contributed by atoms with van der Waals surface area (Å²) < 4.78 is 0. The second-order valence-corrected chi connectivity index (χ2v) is 6.23. The van der Waals surface area contributed by atoms with E-state index in [4.69, 9.17) is 11.6 Å². The van der Waals surface area contributed by atoms with Gasteiger partial charge in [-0.15, -0.1) is 10.2 Å². The molecule has 0 amide bonds. The number of rotatable bonds is 3. The van der Waals surface area contributed by atoms with Gasteiger partial charge in [-0.3, -0.25) is 0 Å². The van der Waals surface area contributed by atoms with Crippen molar-refractivity contribution in [2.75, 3.05) is 17.6 Å². The predicted octanol–water partition coefficient (Wildman–Crippen LogP) is 3.44. The van der Waals surface area contributed by atoms with Crippen LogP contribution in [0.25, 0.3) is 0 Å². The first-order valence-electron chi connectivity index (χ1n) is 6.03. The minimum absolute atomic E-state index is 0.500. The van der Waals surface area contributed by atoms with E-state index < -0.39 is 0 Å². The van der Waals surface area contributed by atoms with E-state index in [0.717, 1.165) is 23.5 Å². The summed E-state index contributed by atoms with van der Waals surface area (Å²) in [7, 11) is 0. The number of nitrogens with zero attached hydrogens (tertiary/aromatic N) is 2. The van der Waals surface area contributed by atoms with Crippen LogP contribution in [0.4, 0.5) is 5.82 Å². The molecule has 0 aliphatic carbocycles. The van der Waals surface area contributed by atoms with Crippen LogP contribution in [0.15, 0.2) is 0 Å². The number of anilines is 1. The molecule has 0 bridgehead atoms. The lowest BCUT2D eigenvalue weighted by Crippen LogP contribution is -2.21. The molecule has 1 aliphatic heterocycles.